The number of para-hydroxylation sites is 2. The van der Waals surface area contributed by atoms with E-state index in [0.29, 0.717) is 0 Å². The van der Waals surface area contributed by atoms with Gasteiger partial charge in [-0.15, -0.1) is 0 Å². The standard InChI is InChI=1S/C20H23FN4/c1-23-19-8-3-2-7-18(19)22-20(23)15-25-11-9-24(10-12-25)14-16-5-4-6-17(21)13-16/h2-8,13H,9-12,14-15H2,1H3. The van der Waals surface area contributed by atoms with Gasteiger partial charge in [-0.05, 0) is 29.8 Å². The molecule has 1 aliphatic rings. The Morgan fingerprint density at radius 2 is 1.64 bits per heavy atom. The molecule has 0 N–H and O–H groups in total. The fourth-order valence-electron chi connectivity index (χ4n) is 3.54. The number of hydrogen-bond acceptors (Lipinski definition) is 3. The number of hydrogen-bond donors (Lipinski definition) is 0. The number of halogens is 1. The quantitative estimate of drug-likeness (QED) is 0.731. The van der Waals surface area contributed by atoms with E-state index >= 15 is 0 Å². The van der Waals surface area contributed by atoms with Crippen molar-refractivity contribution in [2.45, 2.75) is 13.1 Å². The van der Waals surface area contributed by atoms with Gasteiger partial charge in [-0.2, -0.15) is 0 Å². The monoisotopic (exact) mass is 338 g/mol. The molecular formula is C20H23FN4. The van der Waals surface area contributed by atoms with Crippen LogP contribution in [0.1, 0.15) is 11.4 Å². The fraction of sp³-hybridized carbons (Fsp3) is 0.350. The number of imidazole rings is 1. The van der Waals surface area contributed by atoms with Gasteiger partial charge in [-0.25, -0.2) is 9.37 Å². The average molecular weight is 338 g/mol. The summed E-state index contributed by atoms with van der Waals surface area (Å²) in [6.45, 7) is 5.72. The molecule has 5 heteroatoms. The summed E-state index contributed by atoms with van der Waals surface area (Å²) in [5.41, 5.74) is 3.29. The highest BCUT2D eigenvalue weighted by Crippen LogP contribution is 2.17. The van der Waals surface area contributed by atoms with Gasteiger partial charge < -0.3 is 4.57 Å². The minimum Gasteiger partial charge on any atom is -0.330 e. The first-order valence-electron chi connectivity index (χ1n) is 8.78. The lowest BCUT2D eigenvalue weighted by Gasteiger charge is -2.34. The second-order valence-corrected chi connectivity index (χ2v) is 6.76. The molecule has 4 rings (SSSR count). The minimum absolute atomic E-state index is 0.155. The van der Waals surface area contributed by atoms with E-state index in [1.165, 1.54) is 11.6 Å². The maximum atomic E-state index is 13.3. The van der Waals surface area contributed by atoms with Crippen LogP contribution in [0.25, 0.3) is 11.0 Å². The third-order valence-corrected chi connectivity index (χ3v) is 5.00. The van der Waals surface area contributed by atoms with Gasteiger partial charge in [0.25, 0.3) is 0 Å². The van der Waals surface area contributed by atoms with E-state index < -0.39 is 0 Å². The molecular weight excluding hydrogens is 315 g/mol. The molecule has 1 fully saturated rings. The summed E-state index contributed by atoms with van der Waals surface area (Å²) in [7, 11) is 2.09. The number of rotatable bonds is 4. The molecule has 0 saturated carbocycles. The Kier molecular flexibility index (Phi) is 4.51. The van der Waals surface area contributed by atoms with Crippen LogP contribution in [0.2, 0.25) is 0 Å². The Labute approximate surface area is 147 Å². The van der Waals surface area contributed by atoms with Crippen molar-refractivity contribution in [3.63, 3.8) is 0 Å². The van der Waals surface area contributed by atoms with E-state index in [0.717, 1.165) is 56.2 Å². The third-order valence-electron chi connectivity index (χ3n) is 5.00. The molecule has 4 nitrogen and oxygen atoms in total. The van der Waals surface area contributed by atoms with E-state index in [1.807, 2.05) is 12.1 Å². The van der Waals surface area contributed by atoms with E-state index in [-0.39, 0.29) is 5.82 Å². The Hall–Kier alpha value is -2.24. The van der Waals surface area contributed by atoms with Crippen molar-refractivity contribution in [2.24, 2.45) is 7.05 Å². The molecule has 1 aliphatic heterocycles. The molecule has 0 radical (unpaired) electrons. The zero-order valence-electron chi connectivity index (χ0n) is 14.5. The topological polar surface area (TPSA) is 24.3 Å². The lowest BCUT2D eigenvalue weighted by Crippen LogP contribution is -2.45. The molecule has 1 saturated heterocycles. The van der Waals surface area contributed by atoms with E-state index in [9.17, 15) is 4.39 Å². The summed E-state index contributed by atoms with van der Waals surface area (Å²) in [4.78, 5) is 9.61. The summed E-state index contributed by atoms with van der Waals surface area (Å²) >= 11 is 0. The average Bonchev–Trinajstić information content (AvgIpc) is 2.93. The van der Waals surface area contributed by atoms with Gasteiger partial charge in [0.15, 0.2) is 0 Å². The largest absolute Gasteiger partial charge is 0.330 e. The van der Waals surface area contributed by atoms with Gasteiger partial charge in [0.05, 0.1) is 17.6 Å². The summed E-state index contributed by atoms with van der Waals surface area (Å²) in [5, 5.41) is 0. The van der Waals surface area contributed by atoms with Gasteiger partial charge in [-0.3, -0.25) is 9.80 Å². The first kappa shape index (κ1) is 16.2. The Bertz CT molecular complexity index is 865. The number of aromatic nitrogens is 2. The van der Waals surface area contributed by atoms with Crippen LogP contribution >= 0.6 is 0 Å². The predicted octanol–water partition coefficient (Wildman–Crippen LogP) is 3.03. The van der Waals surface area contributed by atoms with Crippen molar-refractivity contribution in [3.05, 3.63) is 65.7 Å². The van der Waals surface area contributed by atoms with Crippen LogP contribution in [0.3, 0.4) is 0 Å². The molecule has 0 atom stereocenters. The van der Waals surface area contributed by atoms with Gasteiger partial charge in [-0.1, -0.05) is 24.3 Å². The molecule has 2 aromatic carbocycles. The normalized spacial score (nSPS) is 16.6. The maximum absolute atomic E-state index is 13.3. The zero-order valence-corrected chi connectivity index (χ0v) is 14.5. The number of nitrogens with zero attached hydrogens (tertiary/aromatic N) is 4. The van der Waals surface area contributed by atoms with E-state index in [1.54, 1.807) is 12.1 Å². The Morgan fingerprint density at radius 3 is 2.36 bits per heavy atom. The molecule has 3 aromatic rings. The number of fused-ring (bicyclic) bond motifs is 1. The molecule has 1 aromatic heterocycles. The van der Waals surface area contributed by atoms with Crippen LogP contribution in [0.4, 0.5) is 4.39 Å². The van der Waals surface area contributed by atoms with Crippen LogP contribution in [0.5, 0.6) is 0 Å². The summed E-state index contributed by atoms with van der Waals surface area (Å²) < 4.78 is 15.5. The molecule has 0 spiro atoms. The number of piperazine rings is 1. The first-order valence-corrected chi connectivity index (χ1v) is 8.78. The third kappa shape index (κ3) is 3.57. The Morgan fingerprint density at radius 1 is 0.920 bits per heavy atom. The van der Waals surface area contributed by atoms with Crippen LogP contribution < -0.4 is 0 Å². The molecule has 0 bridgehead atoms. The maximum Gasteiger partial charge on any atom is 0.123 e. The van der Waals surface area contributed by atoms with Crippen molar-refractivity contribution in [2.75, 3.05) is 26.2 Å². The van der Waals surface area contributed by atoms with Crippen LogP contribution in [0.15, 0.2) is 48.5 Å². The molecule has 0 aliphatic carbocycles. The zero-order chi connectivity index (χ0) is 17.2. The minimum atomic E-state index is -0.155. The summed E-state index contributed by atoms with van der Waals surface area (Å²) in [5.74, 6) is 0.956. The van der Waals surface area contributed by atoms with Gasteiger partial charge >= 0.3 is 0 Å². The Balaban J connectivity index is 1.36. The van der Waals surface area contributed by atoms with Crippen molar-refractivity contribution in [1.29, 1.82) is 0 Å². The molecule has 25 heavy (non-hydrogen) atoms. The molecule has 2 heterocycles. The smallest absolute Gasteiger partial charge is 0.123 e. The molecule has 0 unspecified atom stereocenters. The van der Waals surface area contributed by atoms with Crippen LogP contribution in [-0.2, 0) is 20.1 Å². The van der Waals surface area contributed by atoms with Crippen molar-refractivity contribution >= 4 is 11.0 Å². The number of benzene rings is 2. The lowest BCUT2D eigenvalue weighted by atomic mass is 10.2. The van der Waals surface area contributed by atoms with E-state index in [2.05, 4.69) is 39.6 Å². The highest BCUT2D eigenvalue weighted by Gasteiger charge is 2.19. The summed E-state index contributed by atoms with van der Waals surface area (Å²) in [6.07, 6.45) is 0. The van der Waals surface area contributed by atoms with Crippen LogP contribution in [0, 0.1) is 5.82 Å². The van der Waals surface area contributed by atoms with Gasteiger partial charge in [0, 0.05) is 39.8 Å². The summed E-state index contributed by atoms with van der Waals surface area (Å²) in [6, 6.07) is 15.2. The number of aryl methyl sites for hydroxylation is 1. The highest BCUT2D eigenvalue weighted by atomic mass is 19.1. The van der Waals surface area contributed by atoms with Crippen molar-refractivity contribution < 1.29 is 4.39 Å². The first-order chi connectivity index (χ1) is 12.2. The lowest BCUT2D eigenvalue weighted by molar-refractivity contribution is 0.119. The SMILES string of the molecule is Cn1c(CN2CCN(Cc3cccc(F)c3)CC2)nc2ccccc21. The molecule has 130 valence electrons. The second kappa shape index (κ2) is 6.94. The fourth-order valence-corrected chi connectivity index (χ4v) is 3.54. The van der Waals surface area contributed by atoms with Gasteiger partial charge in [0.2, 0.25) is 0 Å². The second-order valence-electron chi connectivity index (χ2n) is 6.76. The van der Waals surface area contributed by atoms with Gasteiger partial charge in [0.1, 0.15) is 11.6 Å². The van der Waals surface area contributed by atoms with E-state index in [4.69, 9.17) is 4.98 Å². The molecule has 0 amide bonds. The van der Waals surface area contributed by atoms with Crippen molar-refractivity contribution in [1.82, 2.24) is 19.4 Å². The van der Waals surface area contributed by atoms with Crippen molar-refractivity contribution in [3.8, 4) is 0 Å². The predicted molar refractivity (Wildman–Crippen MR) is 97.7 cm³/mol. The highest BCUT2D eigenvalue weighted by molar-refractivity contribution is 5.75. The van der Waals surface area contributed by atoms with Crippen LogP contribution in [-0.4, -0.2) is 45.5 Å².